The highest BCUT2D eigenvalue weighted by atomic mass is 19.4. The van der Waals surface area contributed by atoms with Crippen LogP contribution in [0.5, 0.6) is 0 Å². The SMILES string of the molecule is CCOC(=O)c1c(N)n(-c2cccc(C(F)(F)F)c2)c2nc3ccccc3nc12. The predicted molar refractivity (Wildman–Crippen MR) is 102 cm³/mol. The van der Waals surface area contributed by atoms with Crippen LogP contribution in [0.3, 0.4) is 0 Å². The second-order valence-electron chi connectivity index (χ2n) is 6.25. The van der Waals surface area contributed by atoms with Crippen LogP contribution in [-0.2, 0) is 10.9 Å². The quantitative estimate of drug-likeness (QED) is 0.517. The Labute approximate surface area is 162 Å². The van der Waals surface area contributed by atoms with E-state index in [9.17, 15) is 18.0 Å². The molecular weight excluding hydrogens is 385 g/mol. The summed E-state index contributed by atoms with van der Waals surface area (Å²) in [5.74, 6) is -0.807. The predicted octanol–water partition coefficient (Wildman–Crippen LogP) is 4.35. The van der Waals surface area contributed by atoms with Crippen LogP contribution >= 0.6 is 0 Å². The number of nitrogens with two attached hydrogens (primary N) is 1. The van der Waals surface area contributed by atoms with E-state index >= 15 is 0 Å². The minimum atomic E-state index is -4.53. The summed E-state index contributed by atoms with van der Waals surface area (Å²) in [6, 6.07) is 11.6. The van der Waals surface area contributed by atoms with Gasteiger partial charge in [-0.2, -0.15) is 13.2 Å². The zero-order valence-electron chi connectivity index (χ0n) is 15.2. The lowest BCUT2D eigenvalue weighted by Gasteiger charge is -2.11. The van der Waals surface area contributed by atoms with Gasteiger partial charge in [0.05, 0.1) is 23.2 Å². The van der Waals surface area contributed by atoms with E-state index in [4.69, 9.17) is 10.5 Å². The number of alkyl halides is 3. The molecule has 0 spiro atoms. The molecule has 0 saturated carbocycles. The van der Waals surface area contributed by atoms with Crippen LogP contribution in [0, 0.1) is 0 Å². The monoisotopic (exact) mass is 400 g/mol. The normalized spacial score (nSPS) is 11.9. The summed E-state index contributed by atoms with van der Waals surface area (Å²) in [6.07, 6.45) is -4.53. The van der Waals surface area contributed by atoms with Crippen LogP contribution in [0.25, 0.3) is 27.9 Å². The van der Waals surface area contributed by atoms with Gasteiger partial charge in [-0.15, -0.1) is 0 Å². The van der Waals surface area contributed by atoms with Gasteiger partial charge in [-0.05, 0) is 37.3 Å². The third-order valence-electron chi connectivity index (χ3n) is 4.41. The van der Waals surface area contributed by atoms with E-state index in [-0.39, 0.29) is 34.8 Å². The van der Waals surface area contributed by atoms with E-state index in [0.717, 1.165) is 12.1 Å². The van der Waals surface area contributed by atoms with Gasteiger partial charge in [0.2, 0.25) is 0 Å². The van der Waals surface area contributed by atoms with Gasteiger partial charge in [0.1, 0.15) is 16.9 Å². The number of halogens is 3. The highest BCUT2D eigenvalue weighted by Crippen LogP contribution is 2.34. The largest absolute Gasteiger partial charge is 0.462 e. The fourth-order valence-electron chi connectivity index (χ4n) is 3.15. The number of carbonyl (C=O) groups is 1. The van der Waals surface area contributed by atoms with E-state index in [0.29, 0.717) is 11.0 Å². The van der Waals surface area contributed by atoms with Crippen LogP contribution in [0.4, 0.5) is 19.0 Å². The molecule has 6 nitrogen and oxygen atoms in total. The molecule has 2 aromatic heterocycles. The number of rotatable bonds is 3. The summed E-state index contributed by atoms with van der Waals surface area (Å²) in [5.41, 5.74) is 6.81. The molecule has 2 N–H and O–H groups in total. The van der Waals surface area contributed by atoms with Gasteiger partial charge in [0.15, 0.2) is 5.65 Å². The summed E-state index contributed by atoms with van der Waals surface area (Å²) >= 11 is 0. The Morgan fingerprint density at radius 3 is 2.45 bits per heavy atom. The van der Waals surface area contributed by atoms with Crippen molar-refractivity contribution >= 4 is 34.0 Å². The van der Waals surface area contributed by atoms with Gasteiger partial charge in [-0.3, -0.25) is 4.57 Å². The van der Waals surface area contributed by atoms with E-state index in [2.05, 4.69) is 9.97 Å². The molecule has 4 rings (SSSR count). The summed E-state index contributed by atoms with van der Waals surface area (Å²) in [7, 11) is 0. The summed E-state index contributed by atoms with van der Waals surface area (Å²) in [4.78, 5) is 21.5. The summed E-state index contributed by atoms with van der Waals surface area (Å²) in [6.45, 7) is 1.75. The number of anilines is 1. The molecule has 0 bridgehead atoms. The molecule has 0 amide bonds. The molecule has 9 heteroatoms. The highest BCUT2D eigenvalue weighted by Gasteiger charge is 2.31. The van der Waals surface area contributed by atoms with Crippen molar-refractivity contribution in [2.24, 2.45) is 0 Å². The van der Waals surface area contributed by atoms with E-state index in [1.807, 2.05) is 0 Å². The molecular formula is C20H15F3N4O2. The zero-order valence-corrected chi connectivity index (χ0v) is 15.2. The van der Waals surface area contributed by atoms with Gasteiger partial charge >= 0.3 is 12.1 Å². The first-order valence-electron chi connectivity index (χ1n) is 8.72. The second kappa shape index (κ2) is 6.77. The Hall–Kier alpha value is -3.62. The molecule has 2 heterocycles. The Morgan fingerprint density at radius 2 is 1.79 bits per heavy atom. The van der Waals surface area contributed by atoms with Crippen molar-refractivity contribution in [2.75, 3.05) is 12.3 Å². The first kappa shape index (κ1) is 18.7. The van der Waals surface area contributed by atoms with Gasteiger partial charge in [-0.1, -0.05) is 18.2 Å². The van der Waals surface area contributed by atoms with Gasteiger partial charge in [0, 0.05) is 5.69 Å². The van der Waals surface area contributed by atoms with Crippen LogP contribution in [0.2, 0.25) is 0 Å². The smallest absolute Gasteiger partial charge is 0.416 e. The van der Waals surface area contributed by atoms with Crippen molar-refractivity contribution < 1.29 is 22.7 Å². The third kappa shape index (κ3) is 3.14. The average Bonchev–Trinajstić information content (AvgIpc) is 2.96. The lowest BCUT2D eigenvalue weighted by Crippen LogP contribution is -2.10. The number of hydrogen-bond acceptors (Lipinski definition) is 5. The number of ether oxygens (including phenoxy) is 1. The molecule has 148 valence electrons. The number of carbonyl (C=O) groups excluding carboxylic acids is 1. The molecule has 0 saturated heterocycles. The number of fused-ring (bicyclic) bond motifs is 2. The van der Waals surface area contributed by atoms with Crippen molar-refractivity contribution in [2.45, 2.75) is 13.1 Å². The van der Waals surface area contributed by atoms with Crippen molar-refractivity contribution in [1.82, 2.24) is 14.5 Å². The van der Waals surface area contributed by atoms with E-state index in [1.165, 1.54) is 16.7 Å². The number of benzene rings is 2. The molecule has 0 radical (unpaired) electrons. The molecule has 0 aliphatic carbocycles. The van der Waals surface area contributed by atoms with Crippen LogP contribution in [0.1, 0.15) is 22.8 Å². The third-order valence-corrected chi connectivity index (χ3v) is 4.41. The molecule has 0 unspecified atom stereocenters. The zero-order chi connectivity index (χ0) is 20.8. The van der Waals surface area contributed by atoms with Gasteiger partial charge in [-0.25, -0.2) is 14.8 Å². The molecule has 29 heavy (non-hydrogen) atoms. The van der Waals surface area contributed by atoms with Crippen molar-refractivity contribution in [3.05, 3.63) is 59.7 Å². The Morgan fingerprint density at radius 1 is 1.10 bits per heavy atom. The first-order valence-corrected chi connectivity index (χ1v) is 8.72. The fourth-order valence-corrected chi connectivity index (χ4v) is 3.15. The Bertz CT molecular complexity index is 1250. The molecule has 0 atom stereocenters. The number of esters is 1. The summed E-state index contributed by atoms with van der Waals surface area (Å²) in [5, 5.41) is 0. The Kier molecular flexibility index (Phi) is 4.37. The molecule has 0 aliphatic heterocycles. The first-order chi connectivity index (χ1) is 13.8. The van der Waals surface area contributed by atoms with Crippen molar-refractivity contribution in [3.63, 3.8) is 0 Å². The number of nitrogen functional groups attached to an aromatic ring is 1. The molecule has 4 aromatic rings. The van der Waals surface area contributed by atoms with Crippen LogP contribution < -0.4 is 5.73 Å². The van der Waals surface area contributed by atoms with Crippen LogP contribution in [-0.4, -0.2) is 27.1 Å². The van der Waals surface area contributed by atoms with E-state index < -0.39 is 17.7 Å². The number of aromatic nitrogens is 3. The Balaban J connectivity index is 2.07. The lowest BCUT2D eigenvalue weighted by molar-refractivity contribution is -0.137. The lowest BCUT2D eigenvalue weighted by atomic mass is 10.2. The maximum Gasteiger partial charge on any atom is 0.416 e. The second-order valence-corrected chi connectivity index (χ2v) is 6.25. The minimum Gasteiger partial charge on any atom is -0.462 e. The van der Waals surface area contributed by atoms with Crippen LogP contribution in [0.15, 0.2) is 48.5 Å². The van der Waals surface area contributed by atoms with Gasteiger partial charge in [0.25, 0.3) is 0 Å². The molecule has 0 fully saturated rings. The maximum atomic E-state index is 13.2. The van der Waals surface area contributed by atoms with Crippen molar-refractivity contribution in [1.29, 1.82) is 0 Å². The minimum absolute atomic E-state index is 0.0301. The number of nitrogens with zero attached hydrogens (tertiary/aromatic N) is 3. The maximum absolute atomic E-state index is 13.2. The average molecular weight is 400 g/mol. The fraction of sp³-hybridized carbons (Fsp3) is 0.150. The topological polar surface area (TPSA) is 83.0 Å². The highest BCUT2D eigenvalue weighted by molar-refractivity contribution is 6.09. The van der Waals surface area contributed by atoms with Crippen molar-refractivity contribution in [3.8, 4) is 5.69 Å². The molecule has 0 aliphatic rings. The number of hydrogen-bond donors (Lipinski definition) is 1. The number of para-hydroxylation sites is 2. The standard InChI is InChI=1S/C20H15F3N4O2/c1-2-29-19(28)15-16-18(26-14-9-4-3-8-13(14)25-16)27(17(15)24)12-7-5-6-11(10-12)20(21,22)23/h3-10H,2,24H2,1H3. The van der Waals surface area contributed by atoms with Gasteiger partial charge < -0.3 is 10.5 Å². The van der Waals surface area contributed by atoms with E-state index in [1.54, 1.807) is 31.2 Å². The summed E-state index contributed by atoms with van der Waals surface area (Å²) < 4.78 is 46.0. The molecule has 2 aromatic carbocycles.